The maximum atomic E-state index is 12.1. The first-order chi connectivity index (χ1) is 13.9. The minimum atomic E-state index is -0.928. The molecule has 2 N–H and O–H groups in total. The van der Waals surface area contributed by atoms with E-state index in [0.29, 0.717) is 33.1 Å². The van der Waals surface area contributed by atoms with Crippen molar-refractivity contribution in [2.45, 2.75) is 19.8 Å². The topological polar surface area (TPSA) is 79.7 Å². The zero-order chi connectivity index (χ0) is 20.7. The van der Waals surface area contributed by atoms with E-state index in [1.807, 2.05) is 36.4 Å². The average molecular weight is 454 g/mol. The molecule has 6 heteroatoms. The largest absolute Gasteiger partial charge is 0.503 e. The lowest BCUT2D eigenvalue weighted by atomic mass is 9.80. The van der Waals surface area contributed by atoms with Crippen LogP contribution >= 0.6 is 15.9 Å². The minimum Gasteiger partial charge on any atom is -0.503 e. The molecule has 1 aromatic heterocycles. The van der Waals surface area contributed by atoms with Crippen LogP contribution in [0.2, 0.25) is 0 Å². The highest BCUT2D eigenvalue weighted by molar-refractivity contribution is 9.10. The van der Waals surface area contributed by atoms with Gasteiger partial charge < -0.3 is 14.9 Å². The Morgan fingerprint density at radius 1 is 1.28 bits per heavy atom. The number of carbonyl (C=O) groups is 1. The second kappa shape index (κ2) is 7.52. The number of hydrogen-bond donors (Lipinski definition) is 2. The number of nitrogens with zero attached hydrogens (tertiary/aromatic N) is 1. The molecule has 4 rings (SSSR count). The van der Waals surface area contributed by atoms with E-state index in [9.17, 15) is 15.0 Å². The van der Waals surface area contributed by atoms with E-state index < -0.39 is 5.97 Å². The number of rotatable bonds is 3. The van der Waals surface area contributed by atoms with E-state index in [-0.39, 0.29) is 11.7 Å². The normalized spacial score (nSPS) is 17.3. The second-order valence-corrected chi connectivity index (χ2v) is 8.23. The van der Waals surface area contributed by atoms with Crippen molar-refractivity contribution >= 4 is 44.5 Å². The summed E-state index contributed by atoms with van der Waals surface area (Å²) < 4.78 is 5.78. The van der Waals surface area contributed by atoms with Crippen LogP contribution in [0.15, 0.2) is 40.9 Å². The van der Waals surface area contributed by atoms with Crippen molar-refractivity contribution < 1.29 is 19.7 Å². The molecule has 5 nitrogen and oxygen atoms in total. The Balaban J connectivity index is 1.97. The lowest BCUT2D eigenvalue weighted by molar-refractivity contribution is 0.0697. The number of carboxylic acid groups (broad SMARTS) is 1. The van der Waals surface area contributed by atoms with E-state index >= 15 is 0 Å². The van der Waals surface area contributed by atoms with Gasteiger partial charge >= 0.3 is 5.97 Å². The first-order valence-electron chi connectivity index (χ1n) is 9.31. The fraction of sp³-hybridized carbons (Fsp3) is 0.217. The number of allylic oxidation sites excluding steroid dienone is 1. The van der Waals surface area contributed by atoms with E-state index in [1.165, 1.54) is 7.11 Å². The maximum Gasteiger partial charge on any atom is 0.336 e. The molecule has 1 heterocycles. The third kappa shape index (κ3) is 3.49. The standard InChI is InChI=1S/C23H20BrNO4/c1-12-7-14(9-13-10-17(24)22(26)19(11-13)29-2)21-16(8-12)20(23(27)28)15-5-3-4-6-18(15)25-21/h3-6,9-12,26H,7-8H2,1-2H3,(H,27,28). The Kier molecular flexibility index (Phi) is 5.04. The lowest BCUT2D eigenvalue weighted by Crippen LogP contribution is -2.17. The van der Waals surface area contributed by atoms with Gasteiger partial charge in [0.1, 0.15) is 0 Å². The van der Waals surface area contributed by atoms with Crippen molar-refractivity contribution in [2.75, 3.05) is 7.11 Å². The summed E-state index contributed by atoms with van der Waals surface area (Å²) >= 11 is 3.36. The maximum absolute atomic E-state index is 12.1. The third-order valence-electron chi connectivity index (χ3n) is 5.24. The summed E-state index contributed by atoms with van der Waals surface area (Å²) in [5, 5.41) is 20.7. The lowest BCUT2D eigenvalue weighted by Gasteiger charge is -2.26. The SMILES string of the molecule is COc1cc(C=C2CC(C)Cc3c2nc2ccccc2c3C(=O)O)cc(Br)c1O. The number of pyridine rings is 1. The van der Waals surface area contributed by atoms with Crippen molar-refractivity contribution in [2.24, 2.45) is 5.92 Å². The van der Waals surface area contributed by atoms with Gasteiger partial charge in [-0.15, -0.1) is 0 Å². The van der Waals surface area contributed by atoms with Crippen LogP contribution in [-0.4, -0.2) is 28.3 Å². The Bertz CT molecular complexity index is 1170. The van der Waals surface area contributed by atoms with Crippen molar-refractivity contribution in [3.8, 4) is 11.5 Å². The molecule has 0 amide bonds. The molecule has 0 saturated carbocycles. The smallest absolute Gasteiger partial charge is 0.336 e. The molecule has 1 aliphatic rings. The first-order valence-corrected chi connectivity index (χ1v) is 10.1. The molecule has 2 aromatic carbocycles. The number of phenolic OH excluding ortho intramolecular Hbond substituents is 1. The predicted molar refractivity (Wildman–Crippen MR) is 116 cm³/mol. The molecule has 0 radical (unpaired) electrons. The monoisotopic (exact) mass is 453 g/mol. The summed E-state index contributed by atoms with van der Waals surface area (Å²) in [6.45, 7) is 2.12. The predicted octanol–water partition coefficient (Wildman–Crippen LogP) is 5.53. The van der Waals surface area contributed by atoms with Gasteiger partial charge in [0.05, 0.1) is 28.4 Å². The Morgan fingerprint density at radius 3 is 2.76 bits per heavy atom. The number of aromatic hydroxyl groups is 1. The van der Waals surface area contributed by atoms with Crippen LogP contribution in [0, 0.1) is 5.92 Å². The van der Waals surface area contributed by atoms with Gasteiger partial charge in [-0.1, -0.05) is 25.1 Å². The molecule has 0 saturated heterocycles. The molecule has 1 aliphatic carbocycles. The van der Waals surface area contributed by atoms with Gasteiger partial charge in [-0.25, -0.2) is 9.78 Å². The number of benzene rings is 2. The van der Waals surface area contributed by atoms with Crippen LogP contribution in [0.1, 0.15) is 40.5 Å². The molecular weight excluding hydrogens is 434 g/mol. The Hall–Kier alpha value is -2.86. The fourth-order valence-electron chi connectivity index (χ4n) is 4.01. The zero-order valence-corrected chi connectivity index (χ0v) is 17.7. The van der Waals surface area contributed by atoms with Crippen molar-refractivity contribution in [3.05, 3.63) is 63.3 Å². The summed E-state index contributed by atoms with van der Waals surface area (Å²) in [4.78, 5) is 17.0. The second-order valence-electron chi connectivity index (χ2n) is 7.37. The van der Waals surface area contributed by atoms with Crippen LogP contribution < -0.4 is 4.74 Å². The van der Waals surface area contributed by atoms with Gasteiger partial charge in [-0.3, -0.25) is 0 Å². The number of aromatic carboxylic acids is 1. The first kappa shape index (κ1) is 19.5. The summed E-state index contributed by atoms with van der Waals surface area (Å²) in [7, 11) is 1.50. The summed E-state index contributed by atoms with van der Waals surface area (Å²) in [6, 6.07) is 10.9. The fourth-order valence-corrected chi connectivity index (χ4v) is 4.47. The highest BCUT2D eigenvalue weighted by Gasteiger charge is 2.28. The van der Waals surface area contributed by atoms with Crippen LogP contribution in [0.5, 0.6) is 11.5 Å². The van der Waals surface area contributed by atoms with Gasteiger partial charge in [0.25, 0.3) is 0 Å². The van der Waals surface area contributed by atoms with Gasteiger partial charge in [-0.2, -0.15) is 0 Å². The Morgan fingerprint density at radius 2 is 2.03 bits per heavy atom. The van der Waals surface area contributed by atoms with Crippen LogP contribution in [0.3, 0.4) is 0 Å². The van der Waals surface area contributed by atoms with E-state index in [1.54, 1.807) is 6.07 Å². The number of methoxy groups -OCH3 is 1. The molecule has 29 heavy (non-hydrogen) atoms. The molecular formula is C23H20BrNO4. The van der Waals surface area contributed by atoms with E-state index in [0.717, 1.165) is 28.8 Å². The Labute approximate surface area is 176 Å². The number of para-hydroxylation sites is 1. The molecule has 0 spiro atoms. The molecule has 0 bridgehead atoms. The van der Waals surface area contributed by atoms with Crippen LogP contribution in [0.25, 0.3) is 22.6 Å². The molecule has 0 fully saturated rings. The van der Waals surface area contributed by atoms with Gasteiger partial charge in [0, 0.05) is 5.39 Å². The zero-order valence-electron chi connectivity index (χ0n) is 16.1. The van der Waals surface area contributed by atoms with E-state index in [4.69, 9.17) is 9.72 Å². The van der Waals surface area contributed by atoms with Crippen molar-refractivity contribution in [1.82, 2.24) is 4.98 Å². The van der Waals surface area contributed by atoms with Crippen LogP contribution in [0.4, 0.5) is 0 Å². The molecule has 1 atom stereocenters. The number of ether oxygens (including phenoxy) is 1. The summed E-state index contributed by atoms with van der Waals surface area (Å²) in [6.07, 6.45) is 3.46. The van der Waals surface area contributed by atoms with Gasteiger partial charge in [-0.05, 0) is 75.7 Å². The minimum absolute atomic E-state index is 0.0457. The summed E-state index contributed by atoms with van der Waals surface area (Å²) in [5.74, 6) is -0.225. The van der Waals surface area contributed by atoms with Crippen molar-refractivity contribution in [1.29, 1.82) is 0 Å². The molecule has 0 aliphatic heterocycles. The van der Waals surface area contributed by atoms with Gasteiger partial charge in [0.15, 0.2) is 11.5 Å². The molecule has 1 unspecified atom stereocenters. The number of hydrogen-bond acceptors (Lipinski definition) is 4. The van der Waals surface area contributed by atoms with Gasteiger partial charge in [0.2, 0.25) is 0 Å². The van der Waals surface area contributed by atoms with E-state index in [2.05, 4.69) is 22.9 Å². The summed E-state index contributed by atoms with van der Waals surface area (Å²) in [5.41, 5.74) is 4.36. The molecule has 3 aromatic rings. The number of phenols is 1. The third-order valence-corrected chi connectivity index (χ3v) is 5.85. The average Bonchev–Trinajstić information content (AvgIpc) is 2.68. The van der Waals surface area contributed by atoms with Crippen molar-refractivity contribution in [3.63, 3.8) is 0 Å². The highest BCUT2D eigenvalue weighted by atomic mass is 79.9. The quantitative estimate of drug-likeness (QED) is 0.544. The number of carboxylic acids is 1. The molecule has 148 valence electrons. The number of fused-ring (bicyclic) bond motifs is 2. The highest BCUT2D eigenvalue weighted by Crippen LogP contribution is 2.40. The number of halogens is 1. The number of aromatic nitrogens is 1. The van der Waals surface area contributed by atoms with Crippen LogP contribution in [-0.2, 0) is 6.42 Å².